The third-order valence-electron chi connectivity index (χ3n) is 4.62. The first-order chi connectivity index (χ1) is 12.2. The molecule has 0 saturated carbocycles. The number of ether oxygens (including phenoxy) is 1. The van der Waals surface area contributed by atoms with E-state index in [4.69, 9.17) is 4.74 Å². The molecule has 1 amide bonds. The maximum absolute atomic E-state index is 12.6. The molecule has 4 nitrogen and oxygen atoms in total. The molecule has 0 spiro atoms. The normalized spacial score (nSPS) is 14.7. The molecule has 2 aromatic carbocycles. The molecule has 4 heteroatoms. The van der Waals surface area contributed by atoms with E-state index in [-0.39, 0.29) is 11.7 Å². The molecule has 25 heavy (non-hydrogen) atoms. The van der Waals surface area contributed by atoms with Crippen LogP contribution in [0, 0.1) is 0 Å². The van der Waals surface area contributed by atoms with Crippen LogP contribution < -0.4 is 4.74 Å². The molecule has 2 aromatic rings. The molecule has 0 unspecified atom stereocenters. The number of hydrogen-bond donors (Lipinski definition) is 0. The third kappa shape index (κ3) is 4.08. The van der Waals surface area contributed by atoms with E-state index in [9.17, 15) is 9.59 Å². The van der Waals surface area contributed by atoms with Gasteiger partial charge in [0.2, 0.25) is 0 Å². The van der Waals surface area contributed by atoms with E-state index in [1.807, 2.05) is 4.90 Å². The summed E-state index contributed by atoms with van der Waals surface area (Å²) in [4.78, 5) is 27.1. The van der Waals surface area contributed by atoms with Crippen molar-refractivity contribution >= 4 is 11.7 Å². The van der Waals surface area contributed by atoms with Gasteiger partial charge in [0.05, 0.1) is 7.11 Å². The number of hydrogen-bond acceptors (Lipinski definition) is 3. The van der Waals surface area contributed by atoms with Gasteiger partial charge in [-0.25, -0.2) is 0 Å². The highest BCUT2D eigenvalue weighted by Gasteiger charge is 2.18. The number of methoxy groups -OCH3 is 1. The zero-order valence-electron chi connectivity index (χ0n) is 14.5. The fourth-order valence-electron chi connectivity index (χ4n) is 3.15. The van der Waals surface area contributed by atoms with Crippen LogP contribution >= 0.6 is 0 Å². The average Bonchev–Trinajstić information content (AvgIpc) is 2.96. The van der Waals surface area contributed by atoms with Crippen molar-refractivity contribution in [3.63, 3.8) is 0 Å². The number of rotatable bonds is 4. The average molecular weight is 337 g/mol. The summed E-state index contributed by atoms with van der Waals surface area (Å²) in [5.74, 6) is 0.633. The molecule has 1 saturated heterocycles. The minimum atomic E-state index is -0.0762. The second-order valence-electron chi connectivity index (χ2n) is 6.34. The minimum absolute atomic E-state index is 0.0577. The Hall–Kier alpha value is -2.62. The van der Waals surface area contributed by atoms with Crippen molar-refractivity contribution in [1.82, 2.24) is 4.90 Å². The van der Waals surface area contributed by atoms with E-state index in [2.05, 4.69) is 0 Å². The van der Waals surface area contributed by atoms with Gasteiger partial charge in [-0.3, -0.25) is 9.59 Å². The molecule has 0 bridgehead atoms. The monoisotopic (exact) mass is 337 g/mol. The van der Waals surface area contributed by atoms with Crippen LogP contribution in [0.3, 0.4) is 0 Å². The lowest BCUT2D eigenvalue weighted by Gasteiger charge is -2.20. The van der Waals surface area contributed by atoms with E-state index in [1.165, 1.54) is 12.8 Å². The summed E-state index contributed by atoms with van der Waals surface area (Å²) in [6.07, 6.45) is 4.52. The Labute approximate surface area is 148 Å². The first kappa shape index (κ1) is 17.2. The fourth-order valence-corrected chi connectivity index (χ4v) is 3.15. The van der Waals surface area contributed by atoms with Gasteiger partial charge in [0.25, 0.3) is 5.91 Å². The fraction of sp³-hybridized carbons (Fsp3) is 0.333. The summed E-state index contributed by atoms with van der Waals surface area (Å²) in [7, 11) is 1.58. The van der Waals surface area contributed by atoms with Gasteiger partial charge >= 0.3 is 0 Å². The quantitative estimate of drug-likeness (QED) is 0.794. The largest absolute Gasteiger partial charge is 0.497 e. The molecular weight excluding hydrogens is 314 g/mol. The van der Waals surface area contributed by atoms with Crippen LogP contribution in [-0.4, -0.2) is 36.8 Å². The predicted octanol–water partition coefficient (Wildman–Crippen LogP) is 3.94. The molecule has 0 aromatic heterocycles. The highest BCUT2D eigenvalue weighted by Crippen LogP contribution is 2.18. The van der Waals surface area contributed by atoms with Crippen molar-refractivity contribution in [3.05, 3.63) is 65.2 Å². The standard InChI is InChI=1S/C21H23NO3/c1-25-19-8-6-7-18(15-19)20(23)16-9-11-17(12-10-16)21(24)22-13-4-2-3-5-14-22/h6-12,15H,2-5,13-14H2,1H3. The predicted molar refractivity (Wildman–Crippen MR) is 97.2 cm³/mol. The van der Waals surface area contributed by atoms with E-state index in [0.29, 0.717) is 22.4 Å². The Bertz CT molecular complexity index is 744. The SMILES string of the molecule is COc1cccc(C(=O)c2ccc(C(=O)N3CCCCCC3)cc2)c1. The van der Waals surface area contributed by atoms with Crippen LogP contribution in [0.4, 0.5) is 0 Å². The molecular formula is C21H23NO3. The molecule has 130 valence electrons. The zero-order valence-corrected chi connectivity index (χ0v) is 14.5. The minimum Gasteiger partial charge on any atom is -0.497 e. The smallest absolute Gasteiger partial charge is 0.253 e. The lowest BCUT2D eigenvalue weighted by Crippen LogP contribution is -2.31. The van der Waals surface area contributed by atoms with E-state index >= 15 is 0 Å². The Kier molecular flexibility index (Phi) is 5.49. The van der Waals surface area contributed by atoms with Gasteiger partial charge < -0.3 is 9.64 Å². The summed E-state index contributed by atoms with van der Waals surface area (Å²) >= 11 is 0. The molecule has 1 aliphatic heterocycles. The highest BCUT2D eigenvalue weighted by molar-refractivity contribution is 6.09. The molecule has 0 aliphatic carbocycles. The van der Waals surface area contributed by atoms with Crippen LogP contribution in [0.5, 0.6) is 5.75 Å². The Morgan fingerprint density at radius 3 is 2.12 bits per heavy atom. The van der Waals surface area contributed by atoms with E-state index in [0.717, 1.165) is 25.9 Å². The first-order valence-electron chi connectivity index (χ1n) is 8.77. The van der Waals surface area contributed by atoms with Gasteiger partial charge in [-0.05, 0) is 37.1 Å². The lowest BCUT2D eigenvalue weighted by atomic mass is 10.0. The number of carbonyl (C=O) groups excluding carboxylic acids is 2. The van der Waals surface area contributed by atoms with Crippen molar-refractivity contribution in [2.24, 2.45) is 0 Å². The maximum Gasteiger partial charge on any atom is 0.253 e. The Balaban J connectivity index is 1.74. The van der Waals surface area contributed by atoms with E-state index in [1.54, 1.807) is 55.6 Å². The Morgan fingerprint density at radius 2 is 1.48 bits per heavy atom. The molecule has 1 heterocycles. The molecule has 0 N–H and O–H groups in total. The van der Waals surface area contributed by atoms with E-state index < -0.39 is 0 Å². The van der Waals surface area contributed by atoms with Gasteiger partial charge in [0.1, 0.15) is 5.75 Å². The maximum atomic E-state index is 12.6. The van der Waals surface area contributed by atoms with Crippen LogP contribution in [0.25, 0.3) is 0 Å². The van der Waals surface area contributed by atoms with Crippen LogP contribution in [0.1, 0.15) is 52.0 Å². The molecule has 0 radical (unpaired) electrons. The van der Waals surface area contributed by atoms with Crippen molar-refractivity contribution in [3.8, 4) is 5.75 Å². The molecule has 0 atom stereocenters. The number of nitrogens with zero attached hydrogens (tertiary/aromatic N) is 1. The highest BCUT2D eigenvalue weighted by atomic mass is 16.5. The zero-order chi connectivity index (χ0) is 17.6. The van der Waals surface area contributed by atoms with Crippen LogP contribution in [-0.2, 0) is 0 Å². The summed E-state index contributed by atoms with van der Waals surface area (Å²) in [5.41, 5.74) is 1.79. The van der Waals surface area contributed by atoms with Gasteiger partial charge in [0, 0.05) is 29.8 Å². The topological polar surface area (TPSA) is 46.6 Å². The Morgan fingerprint density at radius 1 is 0.840 bits per heavy atom. The molecule has 1 fully saturated rings. The second-order valence-corrected chi connectivity index (χ2v) is 6.34. The van der Waals surface area contributed by atoms with Gasteiger partial charge in [-0.1, -0.05) is 37.1 Å². The van der Waals surface area contributed by atoms with Crippen LogP contribution in [0.2, 0.25) is 0 Å². The van der Waals surface area contributed by atoms with Gasteiger partial charge in [-0.2, -0.15) is 0 Å². The molecule has 1 aliphatic rings. The second kappa shape index (κ2) is 7.97. The number of likely N-dealkylation sites (tertiary alicyclic amines) is 1. The number of amides is 1. The van der Waals surface area contributed by atoms with Crippen molar-refractivity contribution in [2.45, 2.75) is 25.7 Å². The summed E-state index contributed by atoms with van der Waals surface area (Å²) < 4.78 is 5.17. The van der Waals surface area contributed by atoms with Gasteiger partial charge in [0.15, 0.2) is 5.78 Å². The number of carbonyl (C=O) groups is 2. The molecule has 3 rings (SSSR count). The van der Waals surface area contributed by atoms with Crippen molar-refractivity contribution < 1.29 is 14.3 Å². The van der Waals surface area contributed by atoms with Crippen molar-refractivity contribution in [1.29, 1.82) is 0 Å². The summed E-state index contributed by atoms with van der Waals surface area (Å²) in [5, 5.41) is 0. The van der Waals surface area contributed by atoms with Gasteiger partial charge in [-0.15, -0.1) is 0 Å². The summed E-state index contributed by atoms with van der Waals surface area (Å²) in [6.45, 7) is 1.65. The van der Waals surface area contributed by atoms with Crippen molar-refractivity contribution in [2.75, 3.05) is 20.2 Å². The van der Waals surface area contributed by atoms with Crippen LogP contribution in [0.15, 0.2) is 48.5 Å². The number of ketones is 1. The number of benzene rings is 2. The summed E-state index contributed by atoms with van der Waals surface area (Å²) in [6, 6.07) is 14.0. The first-order valence-corrected chi connectivity index (χ1v) is 8.77. The third-order valence-corrected chi connectivity index (χ3v) is 4.62. The lowest BCUT2D eigenvalue weighted by molar-refractivity contribution is 0.0761.